The Morgan fingerprint density at radius 1 is 0.943 bits per heavy atom. The van der Waals surface area contributed by atoms with Crippen molar-refractivity contribution in [1.29, 1.82) is 0 Å². The smallest absolute Gasteiger partial charge is 0.301 e. The fraction of sp³-hybridized carbons (Fsp3) is 0.148. The zero-order chi connectivity index (χ0) is 24.7. The second-order valence-corrected chi connectivity index (χ2v) is 8.17. The van der Waals surface area contributed by atoms with Crippen molar-refractivity contribution in [1.82, 2.24) is 5.16 Å². The fourth-order valence-corrected chi connectivity index (χ4v) is 4.32. The number of fused-ring (bicyclic) bond motifs is 1. The Kier molecular flexibility index (Phi) is 5.49. The molecule has 2 heterocycles. The number of nitrogens with zero attached hydrogens (tertiary/aromatic N) is 2. The minimum Gasteiger partial charge on any atom is -0.507 e. The van der Waals surface area contributed by atoms with Crippen LogP contribution in [0.5, 0.6) is 11.5 Å². The van der Waals surface area contributed by atoms with E-state index in [4.69, 9.17) is 14.0 Å². The summed E-state index contributed by atoms with van der Waals surface area (Å²) < 4.78 is 15.8. The lowest BCUT2D eigenvalue weighted by molar-refractivity contribution is -0.132. The number of carbonyl (C=O) groups excluding carboxylic acids is 2. The maximum atomic E-state index is 13.3. The third-order valence-corrected chi connectivity index (χ3v) is 6.04. The summed E-state index contributed by atoms with van der Waals surface area (Å²) in [5, 5.41) is 17.1. The van der Waals surface area contributed by atoms with Gasteiger partial charge in [-0.2, -0.15) is 0 Å². The normalized spacial score (nSPS) is 17.2. The van der Waals surface area contributed by atoms with E-state index in [1.54, 1.807) is 56.5 Å². The molecular formula is C27H22N2O6. The predicted molar refractivity (Wildman–Crippen MR) is 130 cm³/mol. The second kappa shape index (κ2) is 8.64. The van der Waals surface area contributed by atoms with Crippen LogP contribution in [0.2, 0.25) is 0 Å². The number of aryl methyl sites for hydroxylation is 1. The molecule has 0 bridgehead atoms. The molecule has 1 N–H and O–H groups in total. The quantitative estimate of drug-likeness (QED) is 0.254. The summed E-state index contributed by atoms with van der Waals surface area (Å²) in [6, 6.07) is 18.5. The highest BCUT2D eigenvalue weighted by Crippen LogP contribution is 2.42. The highest BCUT2D eigenvalue weighted by Gasteiger charge is 2.48. The van der Waals surface area contributed by atoms with E-state index in [1.165, 1.54) is 12.0 Å². The third kappa shape index (κ3) is 3.78. The van der Waals surface area contributed by atoms with Crippen LogP contribution in [0.3, 0.4) is 0 Å². The van der Waals surface area contributed by atoms with E-state index >= 15 is 0 Å². The van der Waals surface area contributed by atoms with Crippen molar-refractivity contribution in [3.05, 3.63) is 89.2 Å². The van der Waals surface area contributed by atoms with Gasteiger partial charge >= 0.3 is 5.91 Å². The zero-order valence-electron chi connectivity index (χ0n) is 19.3. The summed E-state index contributed by atoms with van der Waals surface area (Å²) in [5.74, 6) is 0.0176. The lowest BCUT2D eigenvalue weighted by atomic mass is 9.94. The van der Waals surface area contributed by atoms with Crippen molar-refractivity contribution in [3.8, 4) is 11.5 Å². The molecule has 1 aromatic heterocycles. The number of rotatable bonds is 5. The molecule has 5 rings (SSSR count). The van der Waals surface area contributed by atoms with Gasteiger partial charge in [0.25, 0.3) is 5.78 Å². The number of hydrogen-bond acceptors (Lipinski definition) is 7. The average molecular weight is 470 g/mol. The molecule has 1 amide bonds. The van der Waals surface area contributed by atoms with E-state index in [9.17, 15) is 14.7 Å². The molecule has 176 valence electrons. The highest BCUT2D eigenvalue weighted by molar-refractivity contribution is 6.51. The fourth-order valence-electron chi connectivity index (χ4n) is 4.32. The van der Waals surface area contributed by atoms with Gasteiger partial charge in [-0.1, -0.05) is 35.5 Å². The number of benzene rings is 3. The monoisotopic (exact) mass is 470 g/mol. The van der Waals surface area contributed by atoms with Crippen LogP contribution < -0.4 is 14.4 Å². The van der Waals surface area contributed by atoms with Gasteiger partial charge in [0.2, 0.25) is 0 Å². The topological polar surface area (TPSA) is 102 Å². The van der Waals surface area contributed by atoms with Crippen molar-refractivity contribution in [2.45, 2.75) is 13.0 Å². The number of carbonyl (C=O) groups is 2. The number of hydrogen-bond donors (Lipinski definition) is 1. The third-order valence-electron chi connectivity index (χ3n) is 6.04. The first-order valence-corrected chi connectivity index (χ1v) is 10.9. The molecule has 0 aliphatic carbocycles. The number of aromatic nitrogens is 1. The number of methoxy groups -OCH3 is 2. The molecule has 4 aromatic rings. The summed E-state index contributed by atoms with van der Waals surface area (Å²) in [6.45, 7) is 1.69. The van der Waals surface area contributed by atoms with Crippen LogP contribution in [-0.2, 0) is 9.59 Å². The van der Waals surface area contributed by atoms with E-state index in [1.807, 2.05) is 24.3 Å². The average Bonchev–Trinajstić information content (AvgIpc) is 3.43. The van der Waals surface area contributed by atoms with Crippen LogP contribution in [0.1, 0.15) is 22.9 Å². The van der Waals surface area contributed by atoms with Crippen LogP contribution in [-0.4, -0.2) is 36.2 Å². The number of aliphatic hydroxyl groups is 1. The van der Waals surface area contributed by atoms with Gasteiger partial charge in [-0.25, -0.2) is 0 Å². The first-order valence-electron chi connectivity index (χ1n) is 10.9. The summed E-state index contributed by atoms with van der Waals surface area (Å²) in [6.07, 6.45) is 0. The van der Waals surface area contributed by atoms with Crippen molar-refractivity contribution in [2.24, 2.45) is 0 Å². The van der Waals surface area contributed by atoms with Crippen molar-refractivity contribution < 1.29 is 28.7 Å². The molecule has 35 heavy (non-hydrogen) atoms. The van der Waals surface area contributed by atoms with Crippen LogP contribution in [0, 0.1) is 6.92 Å². The number of anilines is 1. The first kappa shape index (κ1) is 22.2. The molecule has 1 aliphatic heterocycles. The van der Waals surface area contributed by atoms with Gasteiger partial charge < -0.3 is 19.1 Å². The van der Waals surface area contributed by atoms with E-state index in [-0.39, 0.29) is 17.2 Å². The lowest BCUT2D eigenvalue weighted by Gasteiger charge is -2.23. The number of ketones is 1. The molecule has 8 nitrogen and oxygen atoms in total. The van der Waals surface area contributed by atoms with Gasteiger partial charge in [0, 0.05) is 11.6 Å². The van der Waals surface area contributed by atoms with Gasteiger partial charge in [-0.15, -0.1) is 0 Å². The summed E-state index contributed by atoms with van der Waals surface area (Å²) in [7, 11) is 3.12. The summed E-state index contributed by atoms with van der Waals surface area (Å²) in [4.78, 5) is 27.7. The molecule has 1 aliphatic rings. The Morgan fingerprint density at radius 3 is 2.37 bits per heavy atom. The highest BCUT2D eigenvalue weighted by atomic mass is 16.5. The van der Waals surface area contributed by atoms with Gasteiger partial charge in [-0.05, 0) is 53.6 Å². The Morgan fingerprint density at radius 2 is 1.66 bits per heavy atom. The van der Waals surface area contributed by atoms with Crippen LogP contribution in [0.15, 0.2) is 76.8 Å². The van der Waals surface area contributed by atoms with Gasteiger partial charge in [0.05, 0.1) is 25.8 Å². The Balaban J connectivity index is 1.70. The van der Waals surface area contributed by atoms with Gasteiger partial charge in [0.1, 0.15) is 23.0 Å². The molecule has 1 saturated heterocycles. The van der Waals surface area contributed by atoms with Gasteiger partial charge in [0.15, 0.2) is 5.82 Å². The van der Waals surface area contributed by atoms with E-state index < -0.39 is 17.7 Å². The number of aliphatic hydroxyl groups excluding tert-OH is 1. The minimum absolute atomic E-state index is 0.0447. The van der Waals surface area contributed by atoms with Gasteiger partial charge in [-0.3, -0.25) is 14.5 Å². The summed E-state index contributed by atoms with van der Waals surface area (Å²) >= 11 is 0. The number of amides is 1. The molecule has 1 atom stereocenters. The van der Waals surface area contributed by atoms with Crippen molar-refractivity contribution in [2.75, 3.05) is 19.1 Å². The number of Topliss-reactive ketones (excluding diaryl/α,β-unsaturated/α-hetero) is 1. The first-order chi connectivity index (χ1) is 16.9. The minimum atomic E-state index is -0.929. The Labute approximate surface area is 201 Å². The zero-order valence-corrected chi connectivity index (χ0v) is 19.3. The van der Waals surface area contributed by atoms with E-state index in [0.717, 1.165) is 10.8 Å². The molecular weight excluding hydrogens is 448 g/mol. The maximum absolute atomic E-state index is 13.3. The van der Waals surface area contributed by atoms with Crippen LogP contribution in [0.25, 0.3) is 16.5 Å². The maximum Gasteiger partial charge on any atom is 0.301 e. The standard InChI is InChI=1S/C27H22N2O6/c1-15-11-22(28-35-15)29-24(18-5-4-6-20(14-18)33-2)23(26(31)27(29)32)25(30)19-8-7-17-13-21(34-3)10-9-16(17)12-19/h4-14,24,30H,1-3H3/b25-23+. The van der Waals surface area contributed by atoms with Crippen LogP contribution in [0.4, 0.5) is 5.82 Å². The molecule has 8 heteroatoms. The van der Waals surface area contributed by atoms with Crippen molar-refractivity contribution >= 4 is 34.0 Å². The molecule has 0 radical (unpaired) electrons. The Hall–Kier alpha value is -4.59. The number of ether oxygens (including phenoxy) is 2. The van der Waals surface area contributed by atoms with E-state index in [0.29, 0.717) is 28.4 Å². The Bertz CT molecular complexity index is 1500. The molecule has 1 fully saturated rings. The van der Waals surface area contributed by atoms with E-state index in [2.05, 4.69) is 5.16 Å². The largest absolute Gasteiger partial charge is 0.507 e. The van der Waals surface area contributed by atoms with Crippen molar-refractivity contribution in [3.63, 3.8) is 0 Å². The molecule has 3 aromatic carbocycles. The lowest BCUT2D eigenvalue weighted by Crippen LogP contribution is -2.29. The van der Waals surface area contributed by atoms with Crippen LogP contribution >= 0.6 is 0 Å². The predicted octanol–water partition coefficient (Wildman–Crippen LogP) is 4.78. The molecule has 0 spiro atoms. The molecule has 0 saturated carbocycles. The SMILES string of the molecule is COc1cccc(C2/C(=C(\O)c3ccc4cc(OC)ccc4c3)C(=O)C(=O)N2c2cc(C)on2)c1. The molecule has 1 unspecified atom stereocenters. The summed E-state index contributed by atoms with van der Waals surface area (Å²) in [5.41, 5.74) is 0.943. The second-order valence-electron chi connectivity index (χ2n) is 8.17.